The van der Waals surface area contributed by atoms with E-state index in [1.807, 2.05) is 36.4 Å². The Morgan fingerprint density at radius 2 is 1.79 bits per heavy atom. The lowest BCUT2D eigenvalue weighted by Crippen LogP contribution is -2.40. The molecule has 0 aliphatic carbocycles. The normalized spacial score (nSPS) is 18.8. The molecule has 2 aliphatic heterocycles. The van der Waals surface area contributed by atoms with Gasteiger partial charge in [0.2, 0.25) is 11.7 Å². The largest absolute Gasteiger partial charge is 0.494 e. The van der Waals surface area contributed by atoms with E-state index in [4.69, 9.17) is 0 Å². The highest BCUT2D eigenvalue weighted by atomic mass is 19.1. The van der Waals surface area contributed by atoms with Crippen molar-refractivity contribution >= 4 is 28.1 Å². The molecular weight excluding hydrogens is 369 g/mol. The molecule has 29 heavy (non-hydrogen) atoms. The van der Waals surface area contributed by atoms with Gasteiger partial charge in [-0.15, -0.1) is 0 Å². The average Bonchev–Trinajstić information content (AvgIpc) is 3.18. The van der Waals surface area contributed by atoms with Gasteiger partial charge < -0.3 is 5.11 Å². The molecule has 1 saturated heterocycles. The summed E-state index contributed by atoms with van der Waals surface area (Å²) in [6.07, 6.45) is 0.945. The zero-order chi connectivity index (χ0) is 20.2. The lowest BCUT2D eigenvalue weighted by molar-refractivity contribution is 0.0581. The van der Waals surface area contributed by atoms with Gasteiger partial charge in [-0.2, -0.15) is 0 Å². The Morgan fingerprint density at radius 3 is 2.55 bits per heavy atom. The number of nitrogens with zero attached hydrogens (tertiary/aromatic N) is 3. The van der Waals surface area contributed by atoms with Crippen molar-refractivity contribution < 1.29 is 14.3 Å². The van der Waals surface area contributed by atoms with Crippen LogP contribution < -0.4 is 0 Å². The minimum atomic E-state index is -1.13. The van der Waals surface area contributed by atoms with Gasteiger partial charge in [-0.05, 0) is 38.0 Å². The van der Waals surface area contributed by atoms with Crippen molar-refractivity contribution in [2.75, 3.05) is 13.1 Å². The van der Waals surface area contributed by atoms with Gasteiger partial charge in [0, 0.05) is 24.0 Å². The zero-order valence-corrected chi connectivity index (χ0v) is 16.2. The molecule has 0 bridgehead atoms. The first-order chi connectivity index (χ1) is 13.9. The van der Waals surface area contributed by atoms with Crippen LogP contribution >= 0.6 is 0 Å². The third-order valence-electron chi connectivity index (χ3n) is 6.02. The Bertz CT molecular complexity index is 1150. The molecule has 5 rings (SSSR count). The van der Waals surface area contributed by atoms with E-state index in [0.29, 0.717) is 49.4 Å². The number of Topliss-reactive ketones (excluding diaryl/α,β-unsaturated/α-hetero) is 1. The fourth-order valence-electron chi connectivity index (χ4n) is 4.26. The summed E-state index contributed by atoms with van der Waals surface area (Å²) in [5.41, 5.74) is 1.63. The summed E-state index contributed by atoms with van der Waals surface area (Å²) >= 11 is 0. The number of para-hydroxylation sites is 2. The first kappa shape index (κ1) is 18.1. The van der Waals surface area contributed by atoms with Crippen LogP contribution in [0.15, 0.2) is 53.5 Å². The van der Waals surface area contributed by atoms with Crippen LogP contribution in [-0.2, 0) is 6.67 Å². The van der Waals surface area contributed by atoms with E-state index in [0.717, 1.165) is 10.9 Å². The molecule has 3 aromatic rings. The van der Waals surface area contributed by atoms with Gasteiger partial charge >= 0.3 is 0 Å². The summed E-state index contributed by atoms with van der Waals surface area (Å²) < 4.78 is 16.0. The fourth-order valence-corrected chi connectivity index (χ4v) is 4.26. The number of likely N-dealkylation sites (tertiary alicyclic amines) is 1. The molecule has 2 aromatic carbocycles. The van der Waals surface area contributed by atoms with Crippen molar-refractivity contribution in [3.8, 4) is 5.88 Å². The SMILES string of the molecule is CC1(F)CCN(Cn2c(O)c(C3=Nc4ccccc4C3=O)c3ccccc32)CC1. The fraction of sp³-hybridized carbons (Fsp3) is 0.304. The van der Waals surface area contributed by atoms with E-state index in [9.17, 15) is 14.3 Å². The molecule has 0 spiro atoms. The average molecular weight is 391 g/mol. The number of hydrogen-bond acceptors (Lipinski definition) is 4. The summed E-state index contributed by atoms with van der Waals surface area (Å²) in [6.45, 7) is 3.34. The number of benzene rings is 2. The van der Waals surface area contributed by atoms with Gasteiger partial charge in [0.15, 0.2) is 0 Å². The maximum absolute atomic E-state index is 14.2. The third kappa shape index (κ3) is 2.95. The van der Waals surface area contributed by atoms with Crippen molar-refractivity contribution in [3.05, 3.63) is 59.7 Å². The Balaban J connectivity index is 1.57. The van der Waals surface area contributed by atoms with Crippen molar-refractivity contribution in [1.82, 2.24) is 9.47 Å². The highest BCUT2D eigenvalue weighted by Gasteiger charge is 2.33. The number of hydrogen-bond donors (Lipinski definition) is 1. The van der Waals surface area contributed by atoms with Crippen LogP contribution in [0.1, 0.15) is 35.7 Å². The van der Waals surface area contributed by atoms with Crippen LogP contribution in [0.3, 0.4) is 0 Å². The number of carbonyl (C=O) groups is 1. The lowest BCUT2D eigenvalue weighted by atomic mass is 9.96. The molecule has 1 fully saturated rings. The molecule has 6 heteroatoms. The van der Waals surface area contributed by atoms with Crippen molar-refractivity contribution in [1.29, 1.82) is 0 Å². The topological polar surface area (TPSA) is 57.8 Å². The molecule has 1 aromatic heterocycles. The Kier molecular flexibility index (Phi) is 4.06. The smallest absolute Gasteiger partial charge is 0.214 e. The van der Waals surface area contributed by atoms with Crippen LogP contribution in [0.5, 0.6) is 5.88 Å². The van der Waals surface area contributed by atoms with E-state index >= 15 is 0 Å². The standard InChI is InChI=1S/C23H22FN3O2/c1-23(24)10-12-26(13-11-23)14-27-18-9-5-3-7-16(18)19(22(27)29)20-21(28)15-6-2-4-8-17(15)25-20/h2-9,29H,10-14H2,1H3. The van der Waals surface area contributed by atoms with Gasteiger partial charge in [-0.1, -0.05) is 30.3 Å². The van der Waals surface area contributed by atoms with Crippen LogP contribution in [-0.4, -0.2) is 44.8 Å². The number of carbonyl (C=O) groups excluding carboxylic acids is 1. The number of piperidine rings is 1. The lowest BCUT2D eigenvalue weighted by Gasteiger charge is -2.34. The van der Waals surface area contributed by atoms with Crippen LogP contribution in [0, 0.1) is 0 Å². The monoisotopic (exact) mass is 391 g/mol. The predicted octanol–water partition coefficient (Wildman–Crippen LogP) is 4.45. The second-order valence-electron chi connectivity index (χ2n) is 8.12. The van der Waals surface area contributed by atoms with E-state index in [1.54, 1.807) is 23.6 Å². The number of aliphatic imine (C=N–C) groups is 1. The first-order valence-electron chi connectivity index (χ1n) is 9.89. The Morgan fingerprint density at radius 1 is 1.10 bits per heavy atom. The zero-order valence-electron chi connectivity index (χ0n) is 16.2. The number of aromatic nitrogens is 1. The van der Waals surface area contributed by atoms with Gasteiger partial charge in [0.25, 0.3) is 0 Å². The maximum atomic E-state index is 14.2. The quantitative estimate of drug-likeness (QED) is 0.718. The molecule has 2 aliphatic rings. The molecule has 0 unspecified atom stereocenters. The van der Waals surface area contributed by atoms with Crippen LogP contribution in [0.4, 0.5) is 10.1 Å². The molecule has 148 valence electrons. The minimum Gasteiger partial charge on any atom is -0.494 e. The van der Waals surface area contributed by atoms with Crippen molar-refractivity contribution in [2.45, 2.75) is 32.1 Å². The summed E-state index contributed by atoms with van der Waals surface area (Å²) in [5.74, 6) is -0.148. The molecule has 1 N–H and O–H groups in total. The van der Waals surface area contributed by atoms with Crippen molar-refractivity contribution in [2.24, 2.45) is 4.99 Å². The highest BCUT2D eigenvalue weighted by Crippen LogP contribution is 2.37. The molecule has 0 saturated carbocycles. The third-order valence-corrected chi connectivity index (χ3v) is 6.02. The second-order valence-corrected chi connectivity index (χ2v) is 8.12. The number of alkyl halides is 1. The van der Waals surface area contributed by atoms with E-state index in [2.05, 4.69) is 9.89 Å². The number of halogens is 1. The van der Waals surface area contributed by atoms with Gasteiger partial charge in [-0.25, -0.2) is 9.38 Å². The Hall–Kier alpha value is -2.99. The Labute approximate surface area is 168 Å². The maximum Gasteiger partial charge on any atom is 0.214 e. The molecule has 3 heterocycles. The van der Waals surface area contributed by atoms with Gasteiger partial charge in [-0.3, -0.25) is 14.3 Å². The summed E-state index contributed by atoms with van der Waals surface area (Å²) in [6, 6.07) is 14.8. The van der Waals surface area contributed by atoms with E-state index < -0.39 is 5.67 Å². The molecular formula is C23H22FN3O2. The molecule has 5 nitrogen and oxygen atoms in total. The summed E-state index contributed by atoms with van der Waals surface area (Å²) in [4.78, 5) is 19.6. The minimum absolute atomic E-state index is 0.0275. The predicted molar refractivity (Wildman–Crippen MR) is 111 cm³/mol. The molecule has 0 atom stereocenters. The summed E-state index contributed by atoms with van der Waals surface area (Å²) in [7, 11) is 0. The number of rotatable bonds is 3. The number of aromatic hydroxyl groups is 1. The molecule has 0 amide bonds. The van der Waals surface area contributed by atoms with E-state index in [-0.39, 0.29) is 17.4 Å². The second kappa shape index (κ2) is 6.52. The highest BCUT2D eigenvalue weighted by molar-refractivity contribution is 6.56. The number of ketones is 1. The first-order valence-corrected chi connectivity index (χ1v) is 9.89. The van der Waals surface area contributed by atoms with Gasteiger partial charge in [0.05, 0.1) is 23.4 Å². The van der Waals surface area contributed by atoms with Crippen molar-refractivity contribution in [3.63, 3.8) is 0 Å². The molecule has 0 radical (unpaired) electrons. The number of fused-ring (bicyclic) bond motifs is 2. The van der Waals surface area contributed by atoms with Crippen LogP contribution in [0.2, 0.25) is 0 Å². The van der Waals surface area contributed by atoms with Gasteiger partial charge in [0.1, 0.15) is 11.4 Å². The van der Waals surface area contributed by atoms with Crippen LogP contribution in [0.25, 0.3) is 10.9 Å². The summed E-state index contributed by atoms with van der Waals surface area (Å²) in [5, 5.41) is 11.9. The van der Waals surface area contributed by atoms with E-state index in [1.165, 1.54) is 0 Å².